The molecular formula is C17H16ClN3O4S. The van der Waals surface area contributed by atoms with Gasteiger partial charge >= 0.3 is 0 Å². The Morgan fingerprint density at radius 2 is 1.69 bits per heavy atom. The molecule has 0 aromatic heterocycles. The third-order valence-corrected chi connectivity index (χ3v) is 3.62. The van der Waals surface area contributed by atoms with Gasteiger partial charge < -0.3 is 9.47 Å². The topological polar surface area (TPSA) is 88.7 Å². The summed E-state index contributed by atoms with van der Waals surface area (Å²) in [6.45, 7) is -0.269. The summed E-state index contributed by atoms with van der Waals surface area (Å²) in [5.74, 6) is -0.0478. The summed E-state index contributed by atoms with van der Waals surface area (Å²) in [4.78, 5) is 23.8. The van der Waals surface area contributed by atoms with Gasteiger partial charge in [-0.15, -0.1) is 0 Å². The summed E-state index contributed by atoms with van der Waals surface area (Å²) in [7, 11) is 1.50. The molecule has 0 saturated heterocycles. The number of para-hydroxylation sites is 2. The second-order valence-electron chi connectivity index (χ2n) is 4.88. The van der Waals surface area contributed by atoms with Crippen LogP contribution in [0.4, 0.5) is 0 Å². The molecule has 0 saturated carbocycles. The first kappa shape index (κ1) is 19.5. The molecule has 3 N–H and O–H groups in total. The van der Waals surface area contributed by atoms with Gasteiger partial charge in [0, 0.05) is 0 Å². The van der Waals surface area contributed by atoms with E-state index in [9.17, 15) is 9.59 Å². The Morgan fingerprint density at radius 3 is 2.38 bits per heavy atom. The van der Waals surface area contributed by atoms with Gasteiger partial charge in [0.25, 0.3) is 11.8 Å². The Bertz CT molecular complexity index is 816. The molecule has 0 aliphatic heterocycles. The number of hydrogen-bond donors (Lipinski definition) is 3. The predicted molar refractivity (Wildman–Crippen MR) is 101 cm³/mol. The van der Waals surface area contributed by atoms with E-state index in [1.54, 1.807) is 48.5 Å². The molecule has 0 radical (unpaired) electrons. The number of methoxy groups -OCH3 is 1. The van der Waals surface area contributed by atoms with Gasteiger partial charge in [0.1, 0.15) is 0 Å². The molecular weight excluding hydrogens is 378 g/mol. The van der Waals surface area contributed by atoms with Crippen molar-refractivity contribution in [3.8, 4) is 11.5 Å². The number of carbonyl (C=O) groups is 2. The van der Waals surface area contributed by atoms with Crippen LogP contribution < -0.4 is 25.6 Å². The molecule has 0 aliphatic rings. The smallest absolute Gasteiger partial charge is 0.276 e. The van der Waals surface area contributed by atoms with E-state index in [0.29, 0.717) is 16.5 Å². The first-order valence-electron chi connectivity index (χ1n) is 7.41. The zero-order valence-electron chi connectivity index (χ0n) is 13.7. The van der Waals surface area contributed by atoms with Crippen LogP contribution in [0, 0.1) is 0 Å². The molecule has 0 aliphatic carbocycles. The molecule has 2 amide bonds. The number of hydrazine groups is 1. The third-order valence-electron chi connectivity index (χ3n) is 3.09. The normalized spacial score (nSPS) is 9.77. The minimum atomic E-state index is -0.495. The highest BCUT2D eigenvalue weighted by atomic mass is 35.5. The van der Waals surface area contributed by atoms with E-state index in [1.807, 2.05) is 0 Å². The van der Waals surface area contributed by atoms with Crippen molar-refractivity contribution in [1.82, 2.24) is 16.2 Å². The molecule has 0 atom stereocenters. The SMILES string of the molecule is COc1ccccc1OCC(=O)NNC(=S)NC(=O)c1ccccc1Cl. The van der Waals surface area contributed by atoms with Gasteiger partial charge in [0.2, 0.25) is 0 Å². The molecule has 0 heterocycles. The Morgan fingerprint density at radius 1 is 1.04 bits per heavy atom. The molecule has 0 fully saturated rings. The minimum Gasteiger partial charge on any atom is -0.493 e. The van der Waals surface area contributed by atoms with E-state index in [1.165, 1.54) is 7.11 Å². The van der Waals surface area contributed by atoms with Crippen molar-refractivity contribution in [3.63, 3.8) is 0 Å². The van der Waals surface area contributed by atoms with Crippen LogP contribution in [0.15, 0.2) is 48.5 Å². The number of ether oxygens (including phenoxy) is 2. The molecule has 26 heavy (non-hydrogen) atoms. The lowest BCUT2D eigenvalue weighted by atomic mass is 10.2. The summed E-state index contributed by atoms with van der Waals surface area (Å²) in [6.07, 6.45) is 0. The number of rotatable bonds is 5. The lowest BCUT2D eigenvalue weighted by Crippen LogP contribution is -2.49. The van der Waals surface area contributed by atoms with Crippen molar-refractivity contribution in [3.05, 3.63) is 59.1 Å². The maximum absolute atomic E-state index is 12.0. The van der Waals surface area contributed by atoms with E-state index >= 15 is 0 Å². The average Bonchev–Trinajstić information content (AvgIpc) is 2.65. The third kappa shape index (κ3) is 5.61. The van der Waals surface area contributed by atoms with Crippen LogP contribution in [-0.2, 0) is 4.79 Å². The molecule has 136 valence electrons. The average molecular weight is 394 g/mol. The van der Waals surface area contributed by atoms with E-state index in [2.05, 4.69) is 16.2 Å². The van der Waals surface area contributed by atoms with Crippen LogP contribution in [0.2, 0.25) is 5.02 Å². The fraction of sp³-hybridized carbons (Fsp3) is 0.118. The van der Waals surface area contributed by atoms with Crippen LogP contribution in [0.1, 0.15) is 10.4 Å². The summed E-state index contributed by atoms with van der Waals surface area (Å²) < 4.78 is 10.5. The van der Waals surface area contributed by atoms with E-state index in [4.69, 9.17) is 33.3 Å². The standard InChI is InChI=1S/C17H16ClN3O4S/c1-24-13-8-4-5-9-14(13)25-10-15(22)20-21-17(26)19-16(23)11-6-2-3-7-12(11)18/h2-9H,10H2,1H3,(H,20,22)(H2,19,21,23,26). The summed E-state index contributed by atoms with van der Waals surface area (Å²) in [5, 5.41) is 2.62. The van der Waals surface area contributed by atoms with Crippen molar-refractivity contribution < 1.29 is 19.1 Å². The Hall–Kier alpha value is -2.84. The lowest BCUT2D eigenvalue weighted by molar-refractivity contribution is -0.123. The van der Waals surface area contributed by atoms with Gasteiger partial charge in [-0.05, 0) is 36.5 Å². The Kier molecular flexibility index (Phi) is 7.19. The van der Waals surface area contributed by atoms with Gasteiger partial charge in [0.05, 0.1) is 17.7 Å². The van der Waals surface area contributed by atoms with Crippen molar-refractivity contribution >= 4 is 40.7 Å². The first-order chi connectivity index (χ1) is 12.5. The van der Waals surface area contributed by atoms with Gasteiger partial charge in [0.15, 0.2) is 23.2 Å². The molecule has 7 nitrogen and oxygen atoms in total. The lowest BCUT2D eigenvalue weighted by Gasteiger charge is -2.13. The summed E-state index contributed by atoms with van der Waals surface area (Å²) in [6, 6.07) is 13.5. The van der Waals surface area contributed by atoms with Crippen molar-refractivity contribution in [2.45, 2.75) is 0 Å². The van der Waals surface area contributed by atoms with Crippen molar-refractivity contribution in [2.75, 3.05) is 13.7 Å². The molecule has 2 aromatic rings. The van der Waals surface area contributed by atoms with Crippen LogP contribution in [0.5, 0.6) is 11.5 Å². The van der Waals surface area contributed by atoms with E-state index < -0.39 is 11.8 Å². The number of amides is 2. The van der Waals surface area contributed by atoms with E-state index in [-0.39, 0.29) is 17.3 Å². The minimum absolute atomic E-state index is 0.0828. The Balaban J connectivity index is 1.77. The number of hydrogen-bond acceptors (Lipinski definition) is 5. The maximum atomic E-state index is 12.0. The number of halogens is 1. The molecule has 2 rings (SSSR count). The Labute approximate surface area is 160 Å². The quantitative estimate of drug-likeness (QED) is 0.532. The van der Waals surface area contributed by atoms with Crippen LogP contribution in [0.3, 0.4) is 0 Å². The van der Waals surface area contributed by atoms with Crippen LogP contribution in [-0.4, -0.2) is 30.6 Å². The van der Waals surface area contributed by atoms with E-state index in [0.717, 1.165) is 0 Å². The predicted octanol–water partition coefficient (Wildman–Crippen LogP) is 2.06. The first-order valence-corrected chi connectivity index (χ1v) is 8.20. The fourth-order valence-corrected chi connectivity index (χ4v) is 2.26. The van der Waals surface area contributed by atoms with Crippen molar-refractivity contribution in [1.29, 1.82) is 0 Å². The van der Waals surface area contributed by atoms with Crippen LogP contribution >= 0.6 is 23.8 Å². The highest BCUT2D eigenvalue weighted by Crippen LogP contribution is 2.25. The van der Waals surface area contributed by atoms with Crippen molar-refractivity contribution in [2.24, 2.45) is 0 Å². The summed E-state index contributed by atoms with van der Waals surface area (Å²) >= 11 is 10.9. The number of nitrogens with one attached hydrogen (secondary N) is 3. The van der Waals surface area contributed by atoms with Gasteiger partial charge in [-0.1, -0.05) is 35.9 Å². The van der Waals surface area contributed by atoms with Gasteiger partial charge in [-0.2, -0.15) is 0 Å². The number of benzene rings is 2. The largest absolute Gasteiger partial charge is 0.493 e. The zero-order valence-corrected chi connectivity index (χ0v) is 15.3. The van der Waals surface area contributed by atoms with Crippen LogP contribution in [0.25, 0.3) is 0 Å². The molecule has 0 unspecified atom stereocenters. The fourth-order valence-electron chi connectivity index (χ4n) is 1.89. The zero-order chi connectivity index (χ0) is 18.9. The van der Waals surface area contributed by atoms with Gasteiger partial charge in [-0.25, -0.2) is 0 Å². The highest BCUT2D eigenvalue weighted by Gasteiger charge is 2.12. The molecule has 2 aromatic carbocycles. The number of thiocarbonyl (C=S) groups is 1. The summed E-state index contributed by atoms with van der Waals surface area (Å²) in [5.41, 5.74) is 5.00. The van der Waals surface area contributed by atoms with Gasteiger partial charge in [-0.3, -0.25) is 25.8 Å². The number of carbonyl (C=O) groups excluding carboxylic acids is 2. The molecule has 9 heteroatoms. The second kappa shape index (κ2) is 9.59. The molecule has 0 bridgehead atoms. The molecule has 0 spiro atoms. The highest BCUT2D eigenvalue weighted by molar-refractivity contribution is 7.80. The maximum Gasteiger partial charge on any atom is 0.276 e. The second-order valence-corrected chi connectivity index (χ2v) is 5.69. The monoisotopic (exact) mass is 393 g/mol.